The summed E-state index contributed by atoms with van der Waals surface area (Å²) in [7, 11) is 0. The first-order valence-electron chi connectivity index (χ1n) is 9.39. The van der Waals surface area contributed by atoms with E-state index < -0.39 is 0 Å². The molecule has 2 aromatic heterocycles. The number of hydrogen-bond donors (Lipinski definition) is 1. The van der Waals surface area contributed by atoms with E-state index in [0.29, 0.717) is 22.0 Å². The summed E-state index contributed by atoms with van der Waals surface area (Å²) in [5, 5.41) is 3.88. The molecule has 0 unspecified atom stereocenters. The van der Waals surface area contributed by atoms with Gasteiger partial charge < -0.3 is 10.2 Å². The fraction of sp³-hybridized carbons (Fsp3) is 0.333. The lowest BCUT2D eigenvalue weighted by Gasteiger charge is -2.15. The Balaban J connectivity index is 1.60. The SMILES string of the molecule is Cc1nc(C)c2c(C)c(C(=O)Nc3cccc(C(=O)N4CCCC4)c3)sc2n1. The first kappa shape index (κ1) is 18.6. The van der Waals surface area contributed by atoms with Crippen molar-refractivity contribution in [1.82, 2.24) is 14.9 Å². The van der Waals surface area contributed by atoms with Crippen molar-refractivity contribution in [3.63, 3.8) is 0 Å². The van der Waals surface area contributed by atoms with E-state index in [-0.39, 0.29) is 11.8 Å². The molecule has 1 aliphatic heterocycles. The zero-order valence-electron chi connectivity index (χ0n) is 16.2. The van der Waals surface area contributed by atoms with Gasteiger partial charge in [0, 0.05) is 35.4 Å². The topological polar surface area (TPSA) is 75.2 Å². The number of nitrogens with zero attached hydrogens (tertiary/aromatic N) is 3. The molecule has 0 atom stereocenters. The van der Waals surface area contributed by atoms with E-state index in [1.807, 2.05) is 25.7 Å². The highest BCUT2D eigenvalue weighted by Gasteiger charge is 2.21. The number of amides is 2. The molecule has 0 bridgehead atoms. The van der Waals surface area contributed by atoms with E-state index in [1.165, 1.54) is 11.3 Å². The second kappa shape index (κ2) is 7.31. The van der Waals surface area contributed by atoms with Crippen molar-refractivity contribution in [2.75, 3.05) is 18.4 Å². The molecule has 0 radical (unpaired) electrons. The number of anilines is 1. The molecule has 0 saturated carbocycles. The Morgan fingerprint density at radius 2 is 1.86 bits per heavy atom. The predicted octanol–water partition coefficient (Wildman–Crippen LogP) is 4.10. The number of carbonyl (C=O) groups is 2. The molecule has 1 aliphatic rings. The van der Waals surface area contributed by atoms with Crippen molar-refractivity contribution >= 4 is 39.1 Å². The third kappa shape index (κ3) is 3.38. The Bertz CT molecular complexity index is 1080. The normalized spacial score (nSPS) is 13.9. The zero-order valence-corrected chi connectivity index (χ0v) is 17.0. The fourth-order valence-electron chi connectivity index (χ4n) is 3.71. The lowest BCUT2D eigenvalue weighted by atomic mass is 10.1. The summed E-state index contributed by atoms with van der Waals surface area (Å²) in [5.74, 6) is 0.530. The summed E-state index contributed by atoms with van der Waals surface area (Å²) in [6.07, 6.45) is 2.10. The largest absolute Gasteiger partial charge is 0.339 e. The Labute approximate surface area is 167 Å². The van der Waals surface area contributed by atoms with Gasteiger partial charge in [0.25, 0.3) is 11.8 Å². The minimum atomic E-state index is -0.191. The number of rotatable bonds is 3. The molecule has 1 saturated heterocycles. The smallest absolute Gasteiger partial charge is 0.266 e. The number of aryl methyl sites for hydroxylation is 3. The molecule has 2 amide bonds. The highest BCUT2D eigenvalue weighted by atomic mass is 32.1. The molecule has 4 rings (SSSR count). The zero-order chi connectivity index (χ0) is 19.8. The molecule has 0 spiro atoms. The lowest BCUT2D eigenvalue weighted by molar-refractivity contribution is 0.0792. The quantitative estimate of drug-likeness (QED) is 0.726. The van der Waals surface area contributed by atoms with Crippen LogP contribution < -0.4 is 5.32 Å². The van der Waals surface area contributed by atoms with Gasteiger partial charge in [-0.05, 0) is 57.4 Å². The van der Waals surface area contributed by atoms with Crippen molar-refractivity contribution in [3.05, 3.63) is 51.8 Å². The van der Waals surface area contributed by atoms with Crippen LogP contribution >= 0.6 is 11.3 Å². The van der Waals surface area contributed by atoms with Gasteiger partial charge in [-0.2, -0.15) is 0 Å². The highest BCUT2D eigenvalue weighted by molar-refractivity contribution is 7.20. The summed E-state index contributed by atoms with van der Waals surface area (Å²) >= 11 is 1.37. The number of aromatic nitrogens is 2. The number of fused-ring (bicyclic) bond motifs is 1. The van der Waals surface area contributed by atoms with Crippen LogP contribution in [-0.4, -0.2) is 39.8 Å². The number of benzene rings is 1. The Kier molecular flexibility index (Phi) is 4.85. The summed E-state index contributed by atoms with van der Waals surface area (Å²) in [5.41, 5.74) is 2.99. The van der Waals surface area contributed by atoms with Crippen LogP contribution in [0, 0.1) is 20.8 Å². The molecule has 0 aliphatic carbocycles. The Morgan fingerprint density at radius 1 is 1.11 bits per heavy atom. The number of carbonyl (C=O) groups excluding carboxylic acids is 2. The molecular formula is C21H22N4O2S. The number of hydrogen-bond acceptors (Lipinski definition) is 5. The van der Waals surface area contributed by atoms with Crippen LogP contribution in [0.3, 0.4) is 0 Å². The van der Waals surface area contributed by atoms with Gasteiger partial charge in [-0.15, -0.1) is 11.3 Å². The van der Waals surface area contributed by atoms with Crippen LogP contribution in [0.4, 0.5) is 5.69 Å². The Hall–Kier alpha value is -2.80. The minimum Gasteiger partial charge on any atom is -0.339 e. The maximum absolute atomic E-state index is 12.9. The van der Waals surface area contributed by atoms with E-state index in [0.717, 1.165) is 47.4 Å². The number of nitrogens with one attached hydrogen (secondary N) is 1. The average molecular weight is 395 g/mol. The van der Waals surface area contributed by atoms with E-state index in [4.69, 9.17) is 0 Å². The van der Waals surface area contributed by atoms with Gasteiger partial charge in [-0.25, -0.2) is 9.97 Å². The van der Waals surface area contributed by atoms with Gasteiger partial charge in [0.15, 0.2) is 0 Å². The third-order valence-electron chi connectivity index (χ3n) is 5.05. The van der Waals surface area contributed by atoms with E-state index in [9.17, 15) is 9.59 Å². The van der Waals surface area contributed by atoms with Crippen molar-refractivity contribution in [3.8, 4) is 0 Å². The second-order valence-electron chi connectivity index (χ2n) is 7.13. The maximum atomic E-state index is 12.9. The van der Waals surface area contributed by atoms with Crippen LogP contribution in [0.2, 0.25) is 0 Å². The fourth-order valence-corrected chi connectivity index (χ4v) is 4.88. The van der Waals surface area contributed by atoms with E-state index >= 15 is 0 Å². The van der Waals surface area contributed by atoms with Crippen molar-refractivity contribution in [2.24, 2.45) is 0 Å². The summed E-state index contributed by atoms with van der Waals surface area (Å²) in [4.78, 5) is 37.7. The molecule has 1 N–H and O–H groups in total. The standard InChI is InChI=1S/C21H22N4O2S/c1-12-17-13(2)22-14(3)23-20(17)28-18(12)19(26)24-16-8-6-7-15(11-16)21(27)25-9-4-5-10-25/h6-8,11H,4-5,9-10H2,1-3H3,(H,24,26). The molecule has 6 nitrogen and oxygen atoms in total. The van der Waals surface area contributed by atoms with Gasteiger partial charge in [-0.3, -0.25) is 9.59 Å². The van der Waals surface area contributed by atoms with Gasteiger partial charge in [0.05, 0.1) is 4.88 Å². The predicted molar refractivity (Wildman–Crippen MR) is 111 cm³/mol. The number of thiophene rings is 1. The maximum Gasteiger partial charge on any atom is 0.266 e. The molecule has 1 fully saturated rings. The molecule has 28 heavy (non-hydrogen) atoms. The third-order valence-corrected chi connectivity index (χ3v) is 6.23. The van der Waals surface area contributed by atoms with Crippen LogP contribution in [-0.2, 0) is 0 Å². The Morgan fingerprint density at radius 3 is 2.61 bits per heavy atom. The van der Waals surface area contributed by atoms with E-state index in [1.54, 1.807) is 24.3 Å². The second-order valence-corrected chi connectivity index (χ2v) is 8.13. The van der Waals surface area contributed by atoms with Crippen LogP contribution in [0.25, 0.3) is 10.2 Å². The van der Waals surface area contributed by atoms with Crippen molar-refractivity contribution < 1.29 is 9.59 Å². The molecule has 1 aromatic carbocycles. The van der Waals surface area contributed by atoms with Gasteiger partial charge in [0.1, 0.15) is 10.7 Å². The van der Waals surface area contributed by atoms with Crippen LogP contribution in [0.15, 0.2) is 24.3 Å². The van der Waals surface area contributed by atoms with Crippen LogP contribution in [0.1, 0.15) is 50.0 Å². The monoisotopic (exact) mass is 394 g/mol. The lowest BCUT2D eigenvalue weighted by Crippen LogP contribution is -2.27. The average Bonchev–Trinajstić information content (AvgIpc) is 3.29. The molecule has 144 valence electrons. The molecular weight excluding hydrogens is 372 g/mol. The highest BCUT2D eigenvalue weighted by Crippen LogP contribution is 2.31. The molecule has 7 heteroatoms. The van der Waals surface area contributed by atoms with E-state index in [2.05, 4.69) is 15.3 Å². The first-order chi connectivity index (χ1) is 13.4. The van der Waals surface area contributed by atoms with Gasteiger partial charge >= 0.3 is 0 Å². The van der Waals surface area contributed by atoms with Crippen molar-refractivity contribution in [1.29, 1.82) is 0 Å². The van der Waals surface area contributed by atoms with Crippen LogP contribution in [0.5, 0.6) is 0 Å². The summed E-state index contributed by atoms with van der Waals surface area (Å²) in [6, 6.07) is 7.14. The number of likely N-dealkylation sites (tertiary alicyclic amines) is 1. The minimum absolute atomic E-state index is 0.0213. The first-order valence-corrected chi connectivity index (χ1v) is 10.2. The molecule has 3 heterocycles. The van der Waals surface area contributed by atoms with Gasteiger partial charge in [0.2, 0.25) is 0 Å². The summed E-state index contributed by atoms with van der Waals surface area (Å²) in [6.45, 7) is 7.31. The van der Waals surface area contributed by atoms with Crippen molar-refractivity contribution in [2.45, 2.75) is 33.6 Å². The van der Waals surface area contributed by atoms with Gasteiger partial charge in [-0.1, -0.05) is 6.07 Å². The molecule has 3 aromatic rings. The summed E-state index contributed by atoms with van der Waals surface area (Å²) < 4.78 is 0.